The number of para-hydroxylation sites is 1. The van der Waals surface area contributed by atoms with Crippen LogP contribution in [-0.4, -0.2) is 32.8 Å². The molecule has 7 heteroatoms. The van der Waals surface area contributed by atoms with Gasteiger partial charge >= 0.3 is 5.97 Å². The van der Waals surface area contributed by atoms with Crippen molar-refractivity contribution < 1.29 is 19.7 Å². The average molecular weight is 414 g/mol. The van der Waals surface area contributed by atoms with Crippen LogP contribution in [-0.2, 0) is 0 Å². The molecule has 0 spiro atoms. The second kappa shape index (κ2) is 8.16. The topological polar surface area (TPSA) is 102 Å². The molecule has 0 saturated carbocycles. The van der Waals surface area contributed by atoms with E-state index in [1.54, 1.807) is 60.7 Å². The number of rotatable bonds is 5. The predicted octanol–water partition coefficient (Wildman–Crippen LogP) is 3.97. The number of ether oxygens (including phenoxy) is 1. The van der Waals surface area contributed by atoms with Crippen LogP contribution < -0.4 is 10.3 Å². The molecular weight excluding hydrogens is 396 g/mol. The summed E-state index contributed by atoms with van der Waals surface area (Å²) in [5, 5.41) is 19.5. The number of hydrogen-bond acceptors (Lipinski definition) is 5. The summed E-state index contributed by atoms with van der Waals surface area (Å²) in [6.07, 6.45) is 3.39. The van der Waals surface area contributed by atoms with Gasteiger partial charge in [-0.25, -0.2) is 9.78 Å². The molecule has 4 rings (SSSR count). The smallest absolute Gasteiger partial charge is 0.335 e. The summed E-state index contributed by atoms with van der Waals surface area (Å²) in [4.78, 5) is 29.3. The highest BCUT2D eigenvalue weighted by Crippen LogP contribution is 2.27. The van der Waals surface area contributed by atoms with Gasteiger partial charge in [0.15, 0.2) is 11.5 Å². The maximum Gasteiger partial charge on any atom is 0.335 e. The largest absolute Gasteiger partial charge is 0.504 e. The molecule has 0 radical (unpaired) electrons. The van der Waals surface area contributed by atoms with Gasteiger partial charge in [0.1, 0.15) is 5.82 Å². The van der Waals surface area contributed by atoms with E-state index < -0.39 is 5.97 Å². The first-order valence-electron chi connectivity index (χ1n) is 9.38. The van der Waals surface area contributed by atoms with E-state index in [9.17, 15) is 19.8 Å². The van der Waals surface area contributed by atoms with Crippen molar-refractivity contribution in [2.45, 2.75) is 0 Å². The molecule has 0 saturated heterocycles. The van der Waals surface area contributed by atoms with Gasteiger partial charge in [0.25, 0.3) is 5.56 Å². The molecule has 0 aliphatic heterocycles. The van der Waals surface area contributed by atoms with Gasteiger partial charge < -0.3 is 14.9 Å². The molecule has 1 aromatic heterocycles. The van der Waals surface area contributed by atoms with Gasteiger partial charge in [0.05, 0.1) is 29.3 Å². The minimum atomic E-state index is -1.09. The van der Waals surface area contributed by atoms with Crippen molar-refractivity contribution in [2.75, 3.05) is 7.11 Å². The zero-order chi connectivity index (χ0) is 22.0. The number of carboxylic acids is 1. The maximum absolute atomic E-state index is 13.3. The summed E-state index contributed by atoms with van der Waals surface area (Å²) >= 11 is 0. The molecule has 0 bridgehead atoms. The Morgan fingerprint density at radius 2 is 1.84 bits per heavy atom. The first kappa shape index (κ1) is 19.9. The summed E-state index contributed by atoms with van der Waals surface area (Å²) in [6.45, 7) is 0. The Morgan fingerprint density at radius 1 is 1.03 bits per heavy atom. The summed E-state index contributed by atoms with van der Waals surface area (Å²) in [7, 11) is 1.46. The van der Waals surface area contributed by atoms with E-state index in [0.717, 1.165) is 5.56 Å². The quantitative estimate of drug-likeness (QED) is 0.512. The van der Waals surface area contributed by atoms with Gasteiger partial charge in [-0.3, -0.25) is 9.36 Å². The molecule has 0 atom stereocenters. The standard InChI is InChI=1S/C24H18N2O5/c1-31-21-13-15(9-11-20(21)27)10-12-22-25-19-8-3-2-7-18(19)23(28)26(22)17-6-4-5-16(14-17)24(29)30/h2-14,27H,1H3,(H,29,30). The van der Waals surface area contributed by atoms with Crippen LogP contribution in [0.1, 0.15) is 21.7 Å². The second-order valence-corrected chi connectivity index (χ2v) is 6.75. The molecule has 7 nitrogen and oxygen atoms in total. The third-order valence-corrected chi connectivity index (χ3v) is 4.78. The lowest BCUT2D eigenvalue weighted by atomic mass is 10.1. The third-order valence-electron chi connectivity index (χ3n) is 4.78. The van der Waals surface area contributed by atoms with E-state index in [1.807, 2.05) is 0 Å². The molecule has 31 heavy (non-hydrogen) atoms. The fraction of sp³-hybridized carbons (Fsp3) is 0.0417. The third kappa shape index (κ3) is 3.89. The number of carboxylic acid groups (broad SMARTS) is 1. The zero-order valence-electron chi connectivity index (χ0n) is 16.5. The average Bonchev–Trinajstić information content (AvgIpc) is 2.78. The summed E-state index contributed by atoms with van der Waals surface area (Å²) < 4.78 is 6.51. The molecule has 0 aliphatic carbocycles. The lowest BCUT2D eigenvalue weighted by Gasteiger charge is -2.12. The highest BCUT2D eigenvalue weighted by Gasteiger charge is 2.13. The Morgan fingerprint density at radius 3 is 2.61 bits per heavy atom. The second-order valence-electron chi connectivity index (χ2n) is 6.75. The molecule has 0 unspecified atom stereocenters. The number of phenols is 1. The fourth-order valence-electron chi connectivity index (χ4n) is 3.26. The summed E-state index contributed by atoms with van der Waals surface area (Å²) in [5.74, 6) is -0.416. The van der Waals surface area contributed by atoms with Crippen molar-refractivity contribution in [3.63, 3.8) is 0 Å². The van der Waals surface area contributed by atoms with Crippen molar-refractivity contribution in [1.82, 2.24) is 9.55 Å². The normalized spacial score (nSPS) is 11.1. The van der Waals surface area contributed by atoms with Crippen LogP contribution in [0.25, 0.3) is 28.7 Å². The lowest BCUT2D eigenvalue weighted by Crippen LogP contribution is -2.22. The van der Waals surface area contributed by atoms with E-state index >= 15 is 0 Å². The number of aromatic carboxylic acids is 1. The number of carbonyl (C=O) groups is 1. The SMILES string of the molecule is COc1cc(C=Cc2nc3ccccc3c(=O)n2-c2cccc(C(=O)O)c2)ccc1O. The molecule has 0 aliphatic rings. The number of phenolic OH excluding ortho intramolecular Hbond substituents is 1. The van der Waals surface area contributed by atoms with Crippen molar-refractivity contribution in [2.24, 2.45) is 0 Å². The minimum Gasteiger partial charge on any atom is -0.504 e. The van der Waals surface area contributed by atoms with Gasteiger partial charge in [0.2, 0.25) is 0 Å². The van der Waals surface area contributed by atoms with Crippen LogP contribution in [0.2, 0.25) is 0 Å². The van der Waals surface area contributed by atoms with Crippen molar-refractivity contribution in [3.8, 4) is 17.2 Å². The van der Waals surface area contributed by atoms with Gasteiger partial charge in [-0.1, -0.05) is 30.3 Å². The molecule has 1 heterocycles. The molecule has 2 N–H and O–H groups in total. The Hall–Kier alpha value is -4.39. The molecule has 0 fully saturated rings. The number of fused-ring (bicyclic) bond motifs is 1. The highest BCUT2D eigenvalue weighted by molar-refractivity contribution is 5.88. The van der Waals surface area contributed by atoms with E-state index in [1.165, 1.54) is 29.9 Å². The first-order chi connectivity index (χ1) is 15.0. The van der Waals surface area contributed by atoms with E-state index in [0.29, 0.717) is 28.2 Å². The van der Waals surface area contributed by atoms with Gasteiger partial charge in [-0.05, 0) is 54.1 Å². The summed E-state index contributed by atoms with van der Waals surface area (Å²) in [5.41, 5.74) is 1.40. The van der Waals surface area contributed by atoms with Crippen LogP contribution in [0.15, 0.2) is 71.5 Å². The lowest BCUT2D eigenvalue weighted by molar-refractivity contribution is 0.0697. The Balaban J connectivity index is 1.92. The van der Waals surface area contributed by atoms with Crippen LogP contribution in [0, 0.1) is 0 Å². The van der Waals surface area contributed by atoms with Crippen LogP contribution in [0.4, 0.5) is 0 Å². The highest BCUT2D eigenvalue weighted by atomic mass is 16.5. The minimum absolute atomic E-state index is 0.0193. The fourth-order valence-corrected chi connectivity index (χ4v) is 3.26. The number of aromatic nitrogens is 2. The van der Waals surface area contributed by atoms with E-state index in [4.69, 9.17) is 4.74 Å². The zero-order valence-corrected chi connectivity index (χ0v) is 16.5. The number of nitrogens with zero attached hydrogens (tertiary/aromatic N) is 2. The number of aromatic hydroxyl groups is 1. The van der Waals surface area contributed by atoms with Crippen LogP contribution in [0.3, 0.4) is 0 Å². The van der Waals surface area contributed by atoms with E-state index in [-0.39, 0.29) is 16.9 Å². The van der Waals surface area contributed by atoms with Crippen molar-refractivity contribution >= 4 is 29.0 Å². The van der Waals surface area contributed by atoms with E-state index in [2.05, 4.69) is 4.98 Å². The van der Waals surface area contributed by atoms with Crippen molar-refractivity contribution in [3.05, 3.63) is 94.0 Å². The molecular formula is C24H18N2O5. The van der Waals surface area contributed by atoms with Gasteiger partial charge in [-0.2, -0.15) is 0 Å². The summed E-state index contributed by atoms with van der Waals surface area (Å²) in [6, 6.07) is 18.0. The monoisotopic (exact) mass is 414 g/mol. The first-order valence-corrected chi connectivity index (χ1v) is 9.38. The molecule has 0 amide bonds. The van der Waals surface area contributed by atoms with Crippen molar-refractivity contribution in [1.29, 1.82) is 0 Å². The number of methoxy groups -OCH3 is 1. The predicted molar refractivity (Wildman–Crippen MR) is 118 cm³/mol. The molecule has 154 valence electrons. The molecule has 4 aromatic rings. The van der Waals surface area contributed by atoms with Crippen LogP contribution >= 0.6 is 0 Å². The van der Waals surface area contributed by atoms with Gasteiger partial charge in [0, 0.05) is 0 Å². The Bertz CT molecular complexity index is 1390. The Kier molecular flexibility index (Phi) is 5.24. The van der Waals surface area contributed by atoms with Gasteiger partial charge in [-0.15, -0.1) is 0 Å². The Labute approximate surface area is 177 Å². The number of benzene rings is 3. The number of hydrogen-bond donors (Lipinski definition) is 2. The maximum atomic E-state index is 13.3. The van der Waals surface area contributed by atoms with Crippen LogP contribution in [0.5, 0.6) is 11.5 Å². The molecule has 3 aromatic carbocycles.